The molecule has 1 fully saturated rings. The fraction of sp³-hybridized carbons (Fsp3) is 0.333. The van der Waals surface area contributed by atoms with Crippen molar-refractivity contribution in [3.63, 3.8) is 0 Å². The Balaban J connectivity index is 1.66. The van der Waals surface area contributed by atoms with Gasteiger partial charge in [0.25, 0.3) is 0 Å². The number of thiazole rings is 1. The van der Waals surface area contributed by atoms with Crippen molar-refractivity contribution >= 4 is 43.8 Å². The number of rotatable bonds is 6. The van der Waals surface area contributed by atoms with Crippen LogP contribution in [0.4, 0.5) is 16.5 Å². The Morgan fingerprint density at radius 3 is 2.52 bits per heavy atom. The Morgan fingerprint density at radius 2 is 1.83 bits per heavy atom. The first-order chi connectivity index (χ1) is 14.1. The van der Waals surface area contributed by atoms with E-state index >= 15 is 0 Å². The van der Waals surface area contributed by atoms with Gasteiger partial charge in [-0.2, -0.15) is 0 Å². The van der Waals surface area contributed by atoms with Crippen molar-refractivity contribution in [2.24, 2.45) is 10.2 Å². The molecule has 0 unspecified atom stereocenters. The SMILES string of the molecule is COc1cc(N2CCCC2)c(OC)cc1/N=N/c1nc2ccc(C(C)=O)cc2s1. The number of carbonyl (C=O) groups excluding carboxylic acids is 1. The summed E-state index contributed by atoms with van der Waals surface area (Å²) in [6.07, 6.45) is 2.35. The predicted molar refractivity (Wildman–Crippen MR) is 115 cm³/mol. The summed E-state index contributed by atoms with van der Waals surface area (Å²) in [4.78, 5) is 18.3. The lowest BCUT2D eigenvalue weighted by Crippen LogP contribution is -2.18. The minimum atomic E-state index is 0.0263. The van der Waals surface area contributed by atoms with Crippen LogP contribution < -0.4 is 14.4 Å². The highest BCUT2D eigenvalue weighted by Gasteiger charge is 2.19. The number of hydrogen-bond donors (Lipinski definition) is 0. The van der Waals surface area contributed by atoms with Gasteiger partial charge < -0.3 is 14.4 Å². The molecule has 0 radical (unpaired) electrons. The molecule has 0 bridgehead atoms. The first-order valence-electron chi connectivity index (χ1n) is 9.43. The third-order valence-corrected chi connectivity index (χ3v) is 5.86. The van der Waals surface area contributed by atoms with Crippen molar-refractivity contribution in [2.75, 3.05) is 32.2 Å². The Bertz CT molecular complexity index is 1090. The Labute approximate surface area is 173 Å². The molecule has 0 saturated carbocycles. The van der Waals surface area contributed by atoms with Crippen molar-refractivity contribution in [2.45, 2.75) is 19.8 Å². The van der Waals surface area contributed by atoms with Gasteiger partial charge in [0.15, 0.2) is 5.78 Å². The van der Waals surface area contributed by atoms with Crippen LogP contribution in [0.2, 0.25) is 0 Å². The third kappa shape index (κ3) is 3.93. The number of anilines is 1. The maximum Gasteiger partial charge on any atom is 0.231 e. The van der Waals surface area contributed by atoms with Crippen molar-refractivity contribution < 1.29 is 14.3 Å². The zero-order chi connectivity index (χ0) is 20.4. The van der Waals surface area contributed by atoms with Crippen molar-refractivity contribution in [1.29, 1.82) is 0 Å². The number of hydrogen-bond acceptors (Lipinski definition) is 8. The van der Waals surface area contributed by atoms with E-state index in [4.69, 9.17) is 9.47 Å². The van der Waals surface area contributed by atoms with E-state index in [0.29, 0.717) is 22.1 Å². The summed E-state index contributed by atoms with van der Waals surface area (Å²) in [5, 5.41) is 9.18. The van der Waals surface area contributed by atoms with E-state index in [1.807, 2.05) is 24.3 Å². The van der Waals surface area contributed by atoms with E-state index in [1.54, 1.807) is 27.2 Å². The lowest BCUT2D eigenvalue weighted by molar-refractivity contribution is 0.101. The number of azo groups is 1. The van der Waals surface area contributed by atoms with Crippen LogP contribution in [0.15, 0.2) is 40.6 Å². The van der Waals surface area contributed by atoms with Crippen LogP contribution in [-0.4, -0.2) is 38.1 Å². The fourth-order valence-corrected chi connectivity index (χ4v) is 4.25. The summed E-state index contributed by atoms with van der Waals surface area (Å²) >= 11 is 1.39. The molecule has 1 aromatic heterocycles. The largest absolute Gasteiger partial charge is 0.494 e. The molecule has 1 aliphatic rings. The molecule has 150 valence electrons. The summed E-state index contributed by atoms with van der Waals surface area (Å²) in [5.41, 5.74) is 3.05. The molecule has 3 aromatic rings. The molecule has 2 aromatic carbocycles. The van der Waals surface area contributed by atoms with E-state index < -0.39 is 0 Å². The number of methoxy groups -OCH3 is 2. The average molecular weight is 410 g/mol. The van der Waals surface area contributed by atoms with Crippen molar-refractivity contribution in [3.8, 4) is 11.5 Å². The maximum absolute atomic E-state index is 11.6. The first-order valence-corrected chi connectivity index (χ1v) is 10.2. The number of fused-ring (bicyclic) bond motifs is 1. The Kier molecular flexibility index (Phi) is 5.44. The summed E-state index contributed by atoms with van der Waals surface area (Å²) in [6.45, 7) is 3.57. The lowest BCUT2D eigenvalue weighted by Gasteiger charge is -2.21. The monoisotopic (exact) mass is 410 g/mol. The van der Waals surface area contributed by atoms with Gasteiger partial charge in [0.05, 0.1) is 30.1 Å². The van der Waals surface area contributed by atoms with E-state index in [1.165, 1.54) is 24.2 Å². The van der Waals surface area contributed by atoms with Gasteiger partial charge in [-0.05, 0) is 38.0 Å². The number of carbonyl (C=O) groups is 1. The number of ketones is 1. The fourth-order valence-electron chi connectivity index (χ4n) is 3.42. The summed E-state index contributed by atoms with van der Waals surface area (Å²) in [7, 11) is 3.28. The summed E-state index contributed by atoms with van der Waals surface area (Å²) < 4.78 is 12.0. The molecule has 4 rings (SSSR count). The number of aromatic nitrogens is 1. The second-order valence-electron chi connectivity index (χ2n) is 6.83. The van der Waals surface area contributed by atoms with Gasteiger partial charge in [-0.15, -0.1) is 10.2 Å². The Hall–Kier alpha value is -3.00. The van der Waals surface area contributed by atoms with E-state index in [-0.39, 0.29) is 5.78 Å². The molecule has 1 aliphatic heterocycles. The molecule has 8 heteroatoms. The standard InChI is InChI=1S/C21H22N4O3S/c1-13(26)14-6-7-15-20(10-14)29-21(22-15)24-23-16-11-19(28-3)17(12-18(16)27-2)25-8-4-5-9-25/h6-7,10-12H,4-5,8-9H2,1-3H3/b24-23+. The summed E-state index contributed by atoms with van der Waals surface area (Å²) in [5.74, 6) is 1.41. The average Bonchev–Trinajstić information content (AvgIpc) is 3.40. The van der Waals surface area contributed by atoms with Gasteiger partial charge >= 0.3 is 0 Å². The van der Waals surface area contributed by atoms with Gasteiger partial charge in [0.2, 0.25) is 5.13 Å². The normalized spacial score (nSPS) is 14.1. The molecule has 0 N–H and O–H groups in total. The zero-order valence-corrected chi connectivity index (χ0v) is 17.5. The smallest absolute Gasteiger partial charge is 0.231 e. The van der Waals surface area contributed by atoms with Gasteiger partial charge in [-0.1, -0.05) is 11.3 Å². The highest BCUT2D eigenvalue weighted by molar-refractivity contribution is 7.21. The minimum absolute atomic E-state index is 0.0263. The second-order valence-corrected chi connectivity index (χ2v) is 7.83. The molecule has 7 nitrogen and oxygen atoms in total. The molecule has 0 spiro atoms. The predicted octanol–water partition coefficient (Wildman–Crippen LogP) is 5.53. The van der Waals surface area contributed by atoms with Crippen molar-refractivity contribution in [1.82, 2.24) is 4.98 Å². The summed E-state index contributed by atoms with van der Waals surface area (Å²) in [6, 6.07) is 9.24. The van der Waals surface area contributed by atoms with E-state index in [9.17, 15) is 4.79 Å². The van der Waals surface area contributed by atoms with Crippen LogP contribution in [0, 0.1) is 0 Å². The zero-order valence-electron chi connectivity index (χ0n) is 16.6. The number of nitrogens with zero attached hydrogens (tertiary/aromatic N) is 4. The Morgan fingerprint density at radius 1 is 1.07 bits per heavy atom. The van der Waals surface area contributed by atoms with E-state index in [0.717, 1.165) is 34.7 Å². The van der Waals surface area contributed by atoms with Gasteiger partial charge in [-0.25, -0.2) is 4.98 Å². The number of ether oxygens (including phenoxy) is 2. The van der Waals surface area contributed by atoms with Crippen LogP contribution >= 0.6 is 11.3 Å². The number of Topliss-reactive ketones (excluding diaryl/α,β-unsaturated/α-hetero) is 1. The first kappa shape index (κ1) is 19.3. The van der Waals surface area contributed by atoms with Crippen LogP contribution in [0.1, 0.15) is 30.1 Å². The topological polar surface area (TPSA) is 76.4 Å². The molecule has 0 aliphatic carbocycles. The van der Waals surface area contributed by atoms with Gasteiger partial charge in [0, 0.05) is 30.8 Å². The van der Waals surface area contributed by atoms with Gasteiger partial charge in [0.1, 0.15) is 17.2 Å². The van der Waals surface area contributed by atoms with Crippen molar-refractivity contribution in [3.05, 3.63) is 35.9 Å². The lowest BCUT2D eigenvalue weighted by atomic mass is 10.1. The molecular weight excluding hydrogens is 388 g/mol. The minimum Gasteiger partial charge on any atom is -0.494 e. The highest BCUT2D eigenvalue weighted by atomic mass is 32.1. The molecular formula is C21H22N4O3S. The molecule has 29 heavy (non-hydrogen) atoms. The van der Waals surface area contributed by atoms with Crippen LogP contribution in [-0.2, 0) is 0 Å². The molecule has 2 heterocycles. The van der Waals surface area contributed by atoms with Crippen LogP contribution in [0.3, 0.4) is 0 Å². The van der Waals surface area contributed by atoms with E-state index in [2.05, 4.69) is 20.1 Å². The second kappa shape index (κ2) is 8.16. The number of benzene rings is 2. The third-order valence-electron chi connectivity index (χ3n) is 4.95. The highest BCUT2D eigenvalue weighted by Crippen LogP contribution is 2.42. The van der Waals surface area contributed by atoms with Crippen LogP contribution in [0.25, 0.3) is 10.2 Å². The maximum atomic E-state index is 11.6. The van der Waals surface area contributed by atoms with Gasteiger partial charge in [-0.3, -0.25) is 4.79 Å². The van der Waals surface area contributed by atoms with Crippen LogP contribution in [0.5, 0.6) is 11.5 Å². The molecule has 0 atom stereocenters. The molecule has 0 amide bonds. The molecule has 1 saturated heterocycles. The quantitative estimate of drug-likeness (QED) is 0.394.